The van der Waals surface area contributed by atoms with Crippen LogP contribution in [0.1, 0.15) is 22.3 Å². The second-order valence-electron chi connectivity index (χ2n) is 7.79. The maximum absolute atomic E-state index is 14.0. The minimum Gasteiger partial charge on any atom is -0.329 e. The fourth-order valence-corrected chi connectivity index (χ4v) is 5.31. The number of hydrogen-bond donors (Lipinski definition) is 0. The van der Waals surface area contributed by atoms with Crippen LogP contribution in [0, 0.1) is 0 Å². The zero-order chi connectivity index (χ0) is 20.6. The average molecular weight is 389 g/mol. The van der Waals surface area contributed by atoms with E-state index in [0.29, 0.717) is 0 Å². The number of nitrogens with zero attached hydrogens (tertiary/aromatic N) is 1. The number of β-lactam (4-membered cyclic amide) rings is 1. The Labute approximate surface area is 177 Å². The van der Waals surface area contributed by atoms with Crippen molar-refractivity contribution >= 4 is 5.91 Å². The SMILES string of the molecule is CN1C(=O)C(c2ccccc2)(c2ccccc2)C1(c1ccccc1)c1ccccc1. The van der Waals surface area contributed by atoms with Gasteiger partial charge in [0.15, 0.2) is 0 Å². The van der Waals surface area contributed by atoms with Gasteiger partial charge in [-0.1, -0.05) is 121 Å². The van der Waals surface area contributed by atoms with Crippen molar-refractivity contribution in [1.82, 2.24) is 4.90 Å². The maximum atomic E-state index is 14.0. The molecule has 0 atom stereocenters. The van der Waals surface area contributed by atoms with Crippen molar-refractivity contribution in [3.05, 3.63) is 144 Å². The molecule has 0 aliphatic carbocycles. The molecule has 1 heterocycles. The minimum atomic E-state index is -0.854. The molecule has 1 aliphatic rings. The highest BCUT2D eigenvalue weighted by molar-refractivity contribution is 6.03. The lowest BCUT2D eigenvalue weighted by atomic mass is 9.49. The third kappa shape index (κ3) is 2.22. The Morgan fingerprint density at radius 1 is 0.500 bits per heavy atom. The van der Waals surface area contributed by atoms with E-state index in [1.807, 2.05) is 60.5 Å². The summed E-state index contributed by atoms with van der Waals surface area (Å²) in [6.45, 7) is 0. The third-order valence-electron chi connectivity index (χ3n) is 6.47. The molecular weight excluding hydrogens is 366 g/mol. The molecule has 0 saturated carbocycles. The van der Waals surface area contributed by atoms with E-state index in [2.05, 4.69) is 72.8 Å². The summed E-state index contributed by atoms with van der Waals surface area (Å²) < 4.78 is 0. The molecule has 0 unspecified atom stereocenters. The fourth-order valence-electron chi connectivity index (χ4n) is 5.31. The van der Waals surface area contributed by atoms with E-state index < -0.39 is 11.0 Å². The first-order valence-electron chi connectivity index (χ1n) is 10.2. The molecule has 2 nitrogen and oxygen atoms in total. The number of amides is 1. The van der Waals surface area contributed by atoms with Gasteiger partial charge in [-0.3, -0.25) is 4.79 Å². The Morgan fingerprint density at radius 2 is 0.800 bits per heavy atom. The van der Waals surface area contributed by atoms with Crippen molar-refractivity contribution in [3.8, 4) is 0 Å². The Kier molecular flexibility index (Phi) is 4.29. The molecule has 1 amide bonds. The van der Waals surface area contributed by atoms with Gasteiger partial charge in [0.1, 0.15) is 11.0 Å². The van der Waals surface area contributed by atoms with Crippen molar-refractivity contribution in [2.45, 2.75) is 11.0 Å². The first-order valence-corrected chi connectivity index (χ1v) is 10.2. The van der Waals surface area contributed by atoms with Crippen LogP contribution in [0.3, 0.4) is 0 Å². The summed E-state index contributed by atoms with van der Waals surface area (Å²) in [6.07, 6.45) is 0. The van der Waals surface area contributed by atoms with Crippen LogP contribution in [-0.2, 0) is 15.7 Å². The van der Waals surface area contributed by atoms with Crippen LogP contribution >= 0.6 is 0 Å². The van der Waals surface area contributed by atoms with Crippen LogP contribution in [0.25, 0.3) is 0 Å². The van der Waals surface area contributed by atoms with Gasteiger partial charge in [-0.05, 0) is 22.3 Å². The van der Waals surface area contributed by atoms with Crippen molar-refractivity contribution in [1.29, 1.82) is 0 Å². The van der Waals surface area contributed by atoms with Gasteiger partial charge in [-0.2, -0.15) is 0 Å². The summed E-state index contributed by atoms with van der Waals surface area (Å²) in [5, 5.41) is 0. The van der Waals surface area contributed by atoms with Gasteiger partial charge < -0.3 is 4.90 Å². The number of hydrogen-bond acceptors (Lipinski definition) is 1. The maximum Gasteiger partial charge on any atom is 0.241 e. The molecule has 146 valence electrons. The molecule has 0 spiro atoms. The quantitative estimate of drug-likeness (QED) is 0.429. The van der Waals surface area contributed by atoms with Crippen molar-refractivity contribution in [3.63, 3.8) is 0 Å². The van der Waals surface area contributed by atoms with E-state index in [1.54, 1.807) is 0 Å². The molecule has 30 heavy (non-hydrogen) atoms. The number of likely N-dealkylation sites (N-methyl/N-ethyl adjacent to an activating group) is 1. The normalized spacial score (nSPS) is 16.7. The largest absolute Gasteiger partial charge is 0.329 e. The Bertz CT molecular complexity index is 1080. The summed E-state index contributed by atoms with van der Waals surface area (Å²) >= 11 is 0. The Hall–Kier alpha value is -3.65. The predicted molar refractivity (Wildman–Crippen MR) is 120 cm³/mol. The van der Waals surface area contributed by atoms with Crippen LogP contribution in [-0.4, -0.2) is 17.9 Å². The zero-order valence-electron chi connectivity index (χ0n) is 16.9. The van der Waals surface area contributed by atoms with Gasteiger partial charge in [0, 0.05) is 7.05 Å². The summed E-state index contributed by atoms with van der Waals surface area (Å²) in [5.74, 6) is 0.104. The molecular formula is C28H23NO. The van der Waals surface area contributed by atoms with Crippen molar-refractivity contribution < 1.29 is 4.79 Å². The predicted octanol–water partition coefficient (Wildman–Crippen LogP) is 5.39. The lowest BCUT2D eigenvalue weighted by Crippen LogP contribution is -2.77. The highest BCUT2D eigenvalue weighted by atomic mass is 16.2. The van der Waals surface area contributed by atoms with E-state index in [4.69, 9.17) is 0 Å². The highest BCUT2D eigenvalue weighted by Crippen LogP contribution is 2.62. The topological polar surface area (TPSA) is 20.3 Å². The lowest BCUT2D eigenvalue weighted by molar-refractivity contribution is -0.165. The molecule has 1 fully saturated rings. The molecule has 4 aromatic carbocycles. The molecule has 0 bridgehead atoms. The Balaban J connectivity index is 1.95. The summed E-state index contributed by atoms with van der Waals surface area (Å²) in [4.78, 5) is 15.9. The van der Waals surface area contributed by atoms with Gasteiger partial charge in [-0.25, -0.2) is 0 Å². The van der Waals surface area contributed by atoms with Crippen LogP contribution < -0.4 is 0 Å². The molecule has 2 heteroatoms. The van der Waals surface area contributed by atoms with Gasteiger partial charge in [-0.15, -0.1) is 0 Å². The molecule has 0 aromatic heterocycles. The van der Waals surface area contributed by atoms with Crippen LogP contribution in [0.15, 0.2) is 121 Å². The monoisotopic (exact) mass is 389 g/mol. The number of benzene rings is 4. The molecule has 0 N–H and O–H groups in total. The molecule has 5 rings (SSSR count). The fraction of sp³-hybridized carbons (Fsp3) is 0.107. The number of likely N-dealkylation sites (tertiary alicyclic amines) is 1. The standard InChI is InChI=1S/C28H23NO/c1-29-26(30)27(22-14-6-2-7-15-22,23-16-8-3-9-17-23)28(29,24-18-10-4-11-19-24)25-20-12-5-13-21-25/h2-21H,1H3. The second kappa shape index (κ2) is 7.00. The highest BCUT2D eigenvalue weighted by Gasteiger charge is 2.72. The third-order valence-corrected chi connectivity index (χ3v) is 6.47. The average Bonchev–Trinajstić information content (AvgIpc) is 2.84. The summed E-state index contributed by atoms with van der Waals surface area (Å²) in [6, 6.07) is 41.2. The second-order valence-corrected chi connectivity index (χ2v) is 7.79. The number of rotatable bonds is 4. The molecule has 0 radical (unpaired) electrons. The first kappa shape index (κ1) is 18.4. The van der Waals surface area contributed by atoms with Crippen LogP contribution in [0.4, 0.5) is 0 Å². The van der Waals surface area contributed by atoms with Gasteiger partial charge in [0.25, 0.3) is 0 Å². The van der Waals surface area contributed by atoms with Crippen LogP contribution in [0.2, 0.25) is 0 Å². The lowest BCUT2D eigenvalue weighted by Gasteiger charge is -2.65. The summed E-state index contributed by atoms with van der Waals surface area (Å²) in [7, 11) is 1.92. The van der Waals surface area contributed by atoms with Crippen molar-refractivity contribution in [2.75, 3.05) is 7.05 Å². The summed E-state index contributed by atoms with van der Waals surface area (Å²) in [5.41, 5.74) is 2.71. The molecule has 1 aliphatic heterocycles. The number of carbonyl (C=O) groups excluding carboxylic acids is 1. The minimum absolute atomic E-state index is 0.104. The smallest absolute Gasteiger partial charge is 0.241 e. The molecule has 1 saturated heterocycles. The van der Waals surface area contributed by atoms with Crippen LogP contribution in [0.5, 0.6) is 0 Å². The van der Waals surface area contributed by atoms with E-state index >= 15 is 0 Å². The van der Waals surface area contributed by atoms with E-state index in [9.17, 15) is 4.79 Å². The van der Waals surface area contributed by atoms with Gasteiger partial charge in [0.05, 0.1) is 0 Å². The van der Waals surface area contributed by atoms with Crippen molar-refractivity contribution in [2.24, 2.45) is 0 Å². The van der Waals surface area contributed by atoms with E-state index in [-0.39, 0.29) is 5.91 Å². The zero-order valence-corrected chi connectivity index (χ0v) is 16.9. The first-order chi connectivity index (χ1) is 14.7. The van der Waals surface area contributed by atoms with Gasteiger partial charge >= 0.3 is 0 Å². The number of carbonyl (C=O) groups is 1. The van der Waals surface area contributed by atoms with Gasteiger partial charge in [0.2, 0.25) is 5.91 Å². The Morgan fingerprint density at radius 3 is 1.13 bits per heavy atom. The van der Waals surface area contributed by atoms with E-state index in [1.165, 1.54) is 0 Å². The van der Waals surface area contributed by atoms with E-state index in [0.717, 1.165) is 22.3 Å². The molecule has 4 aromatic rings.